The quantitative estimate of drug-likeness (QED) is 0.486. The van der Waals surface area contributed by atoms with E-state index in [1.807, 2.05) is 0 Å². The Morgan fingerprint density at radius 3 is 1.54 bits per heavy atom. The van der Waals surface area contributed by atoms with Gasteiger partial charge in [0.05, 0.1) is 32.1 Å². The van der Waals surface area contributed by atoms with Gasteiger partial charge in [0.15, 0.2) is 0 Å². The van der Waals surface area contributed by atoms with E-state index in [-0.39, 0.29) is 5.56 Å². The number of aromatic carboxylic acids is 1. The van der Waals surface area contributed by atoms with Gasteiger partial charge < -0.3 is 14.4 Å². The highest BCUT2D eigenvalue weighted by Crippen LogP contribution is 2.16. The van der Waals surface area contributed by atoms with Crippen LogP contribution in [0, 0.1) is 0 Å². The fourth-order valence-electron chi connectivity index (χ4n) is 3.13. The summed E-state index contributed by atoms with van der Waals surface area (Å²) < 4.78 is 1.42. The smallest absolute Gasteiger partial charge is 0.0786 e. The summed E-state index contributed by atoms with van der Waals surface area (Å²) in [5, 5.41) is 10.0. The molecule has 0 amide bonds. The second-order valence-corrected chi connectivity index (χ2v) is 7.18. The molecule has 0 aromatic carbocycles. The maximum absolute atomic E-state index is 10.0. The van der Waals surface area contributed by atoms with Crippen LogP contribution in [0.1, 0.15) is 89.4 Å². The van der Waals surface area contributed by atoms with Gasteiger partial charge in [-0.05, 0) is 31.7 Å². The monoisotopic (exact) mass is 364 g/mol. The first-order valence-electron chi connectivity index (χ1n) is 10.5. The normalized spacial score (nSPS) is 10.9. The zero-order valence-electron chi connectivity index (χ0n) is 17.5. The molecule has 0 atom stereocenters. The minimum absolute atomic E-state index is 0.109. The zero-order chi connectivity index (χ0) is 19.7. The molecule has 0 fully saturated rings. The molecule has 0 N–H and O–H groups in total. The van der Waals surface area contributed by atoms with Crippen LogP contribution >= 0.6 is 0 Å². The second kappa shape index (κ2) is 15.8. The number of carboxylic acid groups (broad SMARTS) is 1. The van der Waals surface area contributed by atoms with Crippen molar-refractivity contribution >= 4 is 5.97 Å². The summed E-state index contributed by atoms with van der Waals surface area (Å²) in [6, 6.07) is 2.98. The Morgan fingerprint density at radius 2 is 1.31 bits per heavy atom. The molecule has 0 radical (unpaired) electrons. The van der Waals surface area contributed by atoms with Crippen molar-refractivity contribution in [2.45, 2.75) is 79.1 Å². The maximum atomic E-state index is 10.0. The molecule has 0 saturated heterocycles. The minimum Gasteiger partial charge on any atom is -0.545 e. The summed E-state index contributed by atoms with van der Waals surface area (Å²) in [4.78, 5) is 13.6. The van der Waals surface area contributed by atoms with Gasteiger partial charge in [-0.2, -0.15) is 0 Å². The number of rotatable bonds is 13. The van der Waals surface area contributed by atoms with Gasteiger partial charge >= 0.3 is 0 Å². The van der Waals surface area contributed by atoms with E-state index in [0.29, 0.717) is 0 Å². The van der Waals surface area contributed by atoms with Gasteiger partial charge in [0.1, 0.15) is 0 Å². The van der Waals surface area contributed by atoms with Gasteiger partial charge in [0, 0.05) is 18.0 Å². The molecular formula is C22H40N2O2. The Balaban J connectivity index is 0.000000577. The van der Waals surface area contributed by atoms with Crippen molar-refractivity contribution in [1.82, 2.24) is 4.98 Å². The molecule has 0 unspecified atom stereocenters. The molecule has 0 saturated carbocycles. The molecule has 0 spiro atoms. The highest BCUT2D eigenvalue weighted by Gasteiger charge is 2.24. The standard InChI is InChI=1S/C16H36N.C6H5NO2/c1-5-9-13-17(14-10-6-2,15-11-7-3)16-12-8-4;8-6(9)5-2-1-3-7-4-5/h5-16H2,1-4H3;1-4H,(H,8,9)/q+1;/p-1. The summed E-state index contributed by atoms with van der Waals surface area (Å²) in [5.41, 5.74) is 0.109. The van der Waals surface area contributed by atoms with Crippen molar-refractivity contribution in [1.29, 1.82) is 0 Å². The third kappa shape index (κ3) is 11.2. The fourth-order valence-corrected chi connectivity index (χ4v) is 3.13. The van der Waals surface area contributed by atoms with Crippen molar-refractivity contribution in [2.75, 3.05) is 26.2 Å². The SMILES string of the molecule is CCCC[N+](CCCC)(CCCC)CCCC.O=C([O-])c1cccnc1. The maximum Gasteiger partial charge on any atom is 0.0786 e. The molecule has 4 heteroatoms. The van der Waals surface area contributed by atoms with E-state index in [4.69, 9.17) is 0 Å². The van der Waals surface area contributed by atoms with Crippen LogP contribution in [0.3, 0.4) is 0 Å². The van der Waals surface area contributed by atoms with Crippen LogP contribution in [0.4, 0.5) is 0 Å². The largest absolute Gasteiger partial charge is 0.545 e. The first-order valence-corrected chi connectivity index (χ1v) is 10.5. The lowest BCUT2D eigenvalue weighted by Crippen LogP contribution is -2.50. The number of carboxylic acids is 1. The van der Waals surface area contributed by atoms with E-state index >= 15 is 0 Å². The summed E-state index contributed by atoms with van der Waals surface area (Å²) in [7, 11) is 0. The third-order valence-electron chi connectivity index (χ3n) is 4.84. The van der Waals surface area contributed by atoms with Crippen LogP contribution in [-0.2, 0) is 0 Å². The van der Waals surface area contributed by atoms with Crippen LogP contribution in [0.5, 0.6) is 0 Å². The zero-order valence-corrected chi connectivity index (χ0v) is 17.5. The van der Waals surface area contributed by atoms with Gasteiger partial charge in [-0.1, -0.05) is 59.4 Å². The van der Waals surface area contributed by atoms with Crippen LogP contribution in [0.25, 0.3) is 0 Å². The first kappa shape index (κ1) is 24.6. The van der Waals surface area contributed by atoms with Crippen LogP contribution in [0.2, 0.25) is 0 Å². The van der Waals surface area contributed by atoms with Gasteiger partial charge in [-0.25, -0.2) is 0 Å². The number of unbranched alkanes of at least 4 members (excludes halogenated alkanes) is 4. The Kier molecular flexibility index (Phi) is 14.9. The topological polar surface area (TPSA) is 53.0 Å². The number of hydrogen-bond acceptors (Lipinski definition) is 3. The molecule has 0 bridgehead atoms. The van der Waals surface area contributed by atoms with Crippen LogP contribution < -0.4 is 5.11 Å². The lowest BCUT2D eigenvalue weighted by atomic mass is 10.1. The Bertz CT molecular complexity index is 411. The molecule has 1 heterocycles. The fraction of sp³-hybridized carbons (Fsp3) is 0.727. The van der Waals surface area contributed by atoms with Gasteiger partial charge in [-0.15, -0.1) is 0 Å². The average molecular weight is 365 g/mol. The van der Waals surface area contributed by atoms with Crippen molar-refractivity contribution in [3.8, 4) is 0 Å². The third-order valence-corrected chi connectivity index (χ3v) is 4.84. The number of quaternary nitrogens is 1. The number of hydrogen-bond donors (Lipinski definition) is 0. The minimum atomic E-state index is -1.19. The van der Waals surface area contributed by atoms with Crippen molar-refractivity contribution in [2.24, 2.45) is 0 Å². The van der Waals surface area contributed by atoms with Crippen LogP contribution in [-0.4, -0.2) is 41.6 Å². The predicted octanol–water partition coefficient (Wildman–Crippen LogP) is 4.45. The van der Waals surface area contributed by atoms with Crippen molar-refractivity contribution in [3.05, 3.63) is 30.1 Å². The first-order chi connectivity index (χ1) is 12.5. The lowest BCUT2D eigenvalue weighted by Gasteiger charge is -2.39. The molecule has 1 rings (SSSR count). The number of aromatic nitrogens is 1. The predicted molar refractivity (Wildman–Crippen MR) is 108 cm³/mol. The molecule has 150 valence electrons. The summed E-state index contributed by atoms with van der Waals surface area (Å²) in [6.07, 6.45) is 13.8. The van der Waals surface area contributed by atoms with E-state index in [1.165, 1.54) is 100 Å². The van der Waals surface area contributed by atoms with E-state index < -0.39 is 5.97 Å². The van der Waals surface area contributed by atoms with Gasteiger partial charge in [-0.3, -0.25) is 4.98 Å². The summed E-state index contributed by atoms with van der Waals surface area (Å²) >= 11 is 0. The Labute approximate surface area is 161 Å². The lowest BCUT2D eigenvalue weighted by molar-refractivity contribution is -0.929. The number of carbonyl (C=O) groups excluding carboxylic acids is 1. The molecule has 0 aliphatic heterocycles. The molecule has 0 aliphatic rings. The Hall–Kier alpha value is -1.42. The van der Waals surface area contributed by atoms with Crippen LogP contribution in [0.15, 0.2) is 24.5 Å². The molecular weight excluding hydrogens is 324 g/mol. The summed E-state index contributed by atoms with van der Waals surface area (Å²) in [5.74, 6) is -1.19. The highest BCUT2D eigenvalue weighted by atomic mass is 16.4. The van der Waals surface area contributed by atoms with Gasteiger partial charge in [0.25, 0.3) is 0 Å². The van der Waals surface area contributed by atoms with Crippen molar-refractivity contribution < 1.29 is 14.4 Å². The molecule has 4 nitrogen and oxygen atoms in total. The van der Waals surface area contributed by atoms with E-state index in [9.17, 15) is 9.90 Å². The molecule has 1 aromatic rings. The number of nitrogens with zero attached hydrogens (tertiary/aromatic N) is 2. The molecule has 1 aromatic heterocycles. The summed E-state index contributed by atoms with van der Waals surface area (Å²) in [6.45, 7) is 15.0. The van der Waals surface area contributed by atoms with Gasteiger partial charge in [0.2, 0.25) is 0 Å². The molecule has 26 heavy (non-hydrogen) atoms. The number of carbonyl (C=O) groups is 1. The van der Waals surface area contributed by atoms with E-state index in [0.717, 1.165) is 0 Å². The second-order valence-electron chi connectivity index (χ2n) is 7.18. The average Bonchev–Trinajstić information content (AvgIpc) is 2.68. The highest BCUT2D eigenvalue weighted by molar-refractivity contribution is 5.85. The molecule has 0 aliphatic carbocycles. The van der Waals surface area contributed by atoms with E-state index in [2.05, 4.69) is 32.7 Å². The Morgan fingerprint density at radius 1 is 0.885 bits per heavy atom. The van der Waals surface area contributed by atoms with E-state index in [1.54, 1.807) is 6.07 Å². The number of pyridine rings is 1. The van der Waals surface area contributed by atoms with Crippen molar-refractivity contribution in [3.63, 3.8) is 0 Å².